The number of thioether (sulfide) groups is 2. The number of benzene rings is 1. The van der Waals surface area contributed by atoms with E-state index in [2.05, 4.69) is 10.2 Å². The average molecular weight is 390 g/mol. The molecule has 122 valence electrons. The predicted octanol–water partition coefficient (Wildman–Crippen LogP) is 2.83. The number of carbonyl (C=O) groups is 1. The molecule has 1 aliphatic heterocycles. The van der Waals surface area contributed by atoms with Crippen LogP contribution in [-0.2, 0) is 10.5 Å². The zero-order valence-electron chi connectivity index (χ0n) is 11.8. The summed E-state index contributed by atoms with van der Waals surface area (Å²) in [5.41, 5.74) is 6.13. The zero-order valence-corrected chi connectivity index (χ0v) is 15.0. The van der Waals surface area contributed by atoms with E-state index in [0.717, 1.165) is 14.2 Å². The van der Waals surface area contributed by atoms with Crippen LogP contribution in [0.3, 0.4) is 0 Å². The molecule has 2 heterocycles. The highest BCUT2D eigenvalue weighted by Gasteiger charge is 2.17. The number of primary amides is 1. The van der Waals surface area contributed by atoms with Gasteiger partial charge in [0, 0.05) is 5.75 Å². The average Bonchev–Trinajstić information content (AvgIpc) is 2.99. The highest BCUT2D eigenvalue weighted by Crippen LogP contribution is 2.40. The first-order chi connectivity index (χ1) is 11.1. The van der Waals surface area contributed by atoms with Gasteiger partial charge in [0.25, 0.3) is 0 Å². The van der Waals surface area contributed by atoms with E-state index >= 15 is 0 Å². The van der Waals surface area contributed by atoms with Crippen molar-refractivity contribution in [2.75, 3.05) is 19.0 Å². The SMILES string of the molecule is NC(=O)CSc1nnc(SCc2cc(Cl)c3c(c2)OCCO3)s1. The van der Waals surface area contributed by atoms with Crippen molar-refractivity contribution in [2.45, 2.75) is 14.4 Å². The van der Waals surface area contributed by atoms with E-state index in [4.69, 9.17) is 26.8 Å². The summed E-state index contributed by atoms with van der Waals surface area (Å²) < 4.78 is 12.6. The van der Waals surface area contributed by atoms with Gasteiger partial charge in [0.2, 0.25) is 5.91 Å². The molecule has 1 aromatic heterocycles. The van der Waals surface area contributed by atoms with Crippen molar-refractivity contribution in [1.82, 2.24) is 10.2 Å². The Bertz CT molecular complexity index is 726. The van der Waals surface area contributed by atoms with Crippen LogP contribution in [0.4, 0.5) is 0 Å². The van der Waals surface area contributed by atoms with E-state index < -0.39 is 0 Å². The van der Waals surface area contributed by atoms with Crippen molar-refractivity contribution in [3.05, 3.63) is 22.7 Å². The number of carbonyl (C=O) groups excluding carboxylic acids is 1. The molecule has 1 aliphatic rings. The quantitative estimate of drug-likeness (QED) is 0.760. The van der Waals surface area contributed by atoms with Crippen LogP contribution in [0.25, 0.3) is 0 Å². The number of ether oxygens (including phenoxy) is 2. The predicted molar refractivity (Wildman–Crippen MR) is 91.8 cm³/mol. The van der Waals surface area contributed by atoms with E-state index in [1.54, 1.807) is 11.8 Å². The summed E-state index contributed by atoms with van der Waals surface area (Å²) in [6, 6.07) is 3.79. The van der Waals surface area contributed by atoms with Crippen LogP contribution >= 0.6 is 46.5 Å². The van der Waals surface area contributed by atoms with Gasteiger partial charge in [-0.1, -0.05) is 46.5 Å². The summed E-state index contributed by atoms with van der Waals surface area (Å²) >= 11 is 10.5. The number of rotatable bonds is 6. The molecule has 0 radical (unpaired) electrons. The molecule has 2 aromatic rings. The third-order valence-electron chi connectivity index (χ3n) is 2.74. The lowest BCUT2D eigenvalue weighted by molar-refractivity contribution is -0.115. The van der Waals surface area contributed by atoms with E-state index in [1.165, 1.54) is 23.1 Å². The third-order valence-corrected chi connectivity index (χ3v) is 6.31. The number of amides is 1. The number of hydrogen-bond donors (Lipinski definition) is 1. The maximum atomic E-state index is 10.8. The largest absolute Gasteiger partial charge is 0.486 e. The van der Waals surface area contributed by atoms with Gasteiger partial charge in [0.15, 0.2) is 20.2 Å². The minimum atomic E-state index is -0.370. The second-order valence-electron chi connectivity index (χ2n) is 4.48. The van der Waals surface area contributed by atoms with Gasteiger partial charge in [-0.2, -0.15) is 0 Å². The first-order valence-corrected chi connectivity index (χ1v) is 9.74. The zero-order chi connectivity index (χ0) is 16.2. The molecule has 0 atom stereocenters. The number of nitrogens with two attached hydrogens (primary N) is 1. The molecule has 23 heavy (non-hydrogen) atoms. The lowest BCUT2D eigenvalue weighted by Crippen LogP contribution is -2.15. The summed E-state index contributed by atoms with van der Waals surface area (Å²) in [5.74, 6) is 1.80. The summed E-state index contributed by atoms with van der Waals surface area (Å²) in [4.78, 5) is 10.8. The van der Waals surface area contributed by atoms with Crippen molar-refractivity contribution in [2.24, 2.45) is 5.73 Å². The number of aromatic nitrogens is 2. The van der Waals surface area contributed by atoms with Gasteiger partial charge in [0.1, 0.15) is 13.2 Å². The van der Waals surface area contributed by atoms with Crippen LogP contribution in [0.2, 0.25) is 5.02 Å². The van der Waals surface area contributed by atoms with Crippen molar-refractivity contribution >= 4 is 52.4 Å². The highest BCUT2D eigenvalue weighted by molar-refractivity contribution is 8.03. The first kappa shape index (κ1) is 16.7. The Morgan fingerprint density at radius 3 is 2.78 bits per heavy atom. The third kappa shape index (κ3) is 4.43. The van der Waals surface area contributed by atoms with E-state index in [9.17, 15) is 4.79 Å². The molecule has 0 aliphatic carbocycles. The molecule has 0 fully saturated rings. The molecule has 1 aromatic carbocycles. The maximum absolute atomic E-state index is 10.8. The van der Waals surface area contributed by atoms with Crippen molar-refractivity contribution in [3.8, 4) is 11.5 Å². The fourth-order valence-corrected chi connectivity index (χ4v) is 4.82. The lowest BCUT2D eigenvalue weighted by Gasteiger charge is -2.20. The van der Waals surface area contributed by atoms with Gasteiger partial charge < -0.3 is 15.2 Å². The molecule has 10 heteroatoms. The summed E-state index contributed by atoms with van der Waals surface area (Å²) in [6.45, 7) is 1.04. The van der Waals surface area contributed by atoms with Crippen LogP contribution in [0.15, 0.2) is 20.8 Å². The van der Waals surface area contributed by atoms with Gasteiger partial charge >= 0.3 is 0 Å². The second-order valence-corrected chi connectivity index (χ2v) is 8.31. The van der Waals surface area contributed by atoms with Crippen molar-refractivity contribution in [1.29, 1.82) is 0 Å². The summed E-state index contributed by atoms with van der Waals surface area (Å²) in [6.07, 6.45) is 0. The van der Waals surface area contributed by atoms with Gasteiger partial charge in [-0.25, -0.2) is 0 Å². The normalized spacial score (nSPS) is 13.1. The summed E-state index contributed by atoms with van der Waals surface area (Å²) in [7, 11) is 0. The minimum Gasteiger partial charge on any atom is -0.486 e. The number of hydrogen-bond acceptors (Lipinski definition) is 8. The molecule has 3 rings (SSSR count). The molecule has 0 saturated carbocycles. The van der Waals surface area contributed by atoms with Gasteiger partial charge in [-0.05, 0) is 17.7 Å². The highest BCUT2D eigenvalue weighted by atomic mass is 35.5. The number of halogens is 1. The smallest absolute Gasteiger partial charge is 0.227 e. The van der Waals surface area contributed by atoms with Gasteiger partial charge in [-0.15, -0.1) is 10.2 Å². The van der Waals surface area contributed by atoms with Crippen LogP contribution in [0.1, 0.15) is 5.56 Å². The van der Waals surface area contributed by atoms with E-state index in [1.807, 2.05) is 12.1 Å². The Morgan fingerprint density at radius 1 is 1.26 bits per heavy atom. The monoisotopic (exact) mass is 389 g/mol. The van der Waals surface area contributed by atoms with Crippen LogP contribution in [-0.4, -0.2) is 35.1 Å². The van der Waals surface area contributed by atoms with E-state index in [0.29, 0.717) is 35.5 Å². The molecular formula is C13H12ClN3O3S3. The molecule has 1 amide bonds. The molecule has 0 unspecified atom stereocenters. The van der Waals surface area contributed by atoms with E-state index in [-0.39, 0.29) is 11.7 Å². The molecule has 6 nitrogen and oxygen atoms in total. The maximum Gasteiger partial charge on any atom is 0.227 e. The Labute approximate surface area is 150 Å². The Morgan fingerprint density at radius 2 is 2.00 bits per heavy atom. The minimum absolute atomic E-state index is 0.205. The molecule has 0 saturated heterocycles. The molecule has 0 spiro atoms. The molecule has 0 bridgehead atoms. The molecule has 2 N–H and O–H groups in total. The van der Waals surface area contributed by atoms with Gasteiger partial charge in [0.05, 0.1) is 10.8 Å². The first-order valence-electron chi connectivity index (χ1n) is 6.57. The van der Waals surface area contributed by atoms with Crippen molar-refractivity contribution < 1.29 is 14.3 Å². The Kier molecular flexibility index (Phi) is 5.52. The fourth-order valence-electron chi connectivity index (χ4n) is 1.84. The Balaban J connectivity index is 1.62. The number of nitrogens with zero attached hydrogens (tertiary/aromatic N) is 2. The lowest BCUT2D eigenvalue weighted by atomic mass is 10.2. The number of fused-ring (bicyclic) bond motifs is 1. The Hall–Kier alpha value is -1.16. The molecular weight excluding hydrogens is 378 g/mol. The van der Waals surface area contributed by atoms with Crippen LogP contribution in [0, 0.1) is 0 Å². The fraction of sp³-hybridized carbons (Fsp3) is 0.308. The van der Waals surface area contributed by atoms with Crippen LogP contribution < -0.4 is 15.2 Å². The van der Waals surface area contributed by atoms with Gasteiger partial charge in [-0.3, -0.25) is 4.79 Å². The van der Waals surface area contributed by atoms with Crippen molar-refractivity contribution in [3.63, 3.8) is 0 Å². The van der Waals surface area contributed by atoms with Crippen LogP contribution in [0.5, 0.6) is 11.5 Å². The second kappa shape index (κ2) is 7.61. The standard InChI is InChI=1S/C13H12ClN3O3S3/c14-8-3-7(4-9-11(8)20-2-1-19-9)5-21-12-16-17-13(23-12)22-6-10(15)18/h3-4H,1-2,5-6H2,(H2,15,18). The topological polar surface area (TPSA) is 87.3 Å². The summed E-state index contributed by atoms with van der Waals surface area (Å²) in [5, 5.41) is 8.66.